The molecule has 2 saturated heterocycles. The van der Waals surface area contributed by atoms with Gasteiger partial charge in [-0.05, 0) is 18.6 Å². The fourth-order valence-corrected chi connectivity index (χ4v) is 4.14. The molecule has 2 aliphatic heterocycles. The van der Waals surface area contributed by atoms with E-state index in [1.807, 2.05) is 18.8 Å². The monoisotopic (exact) mass is 348 g/mol. The van der Waals surface area contributed by atoms with Crippen LogP contribution in [0.4, 0.5) is 0 Å². The summed E-state index contributed by atoms with van der Waals surface area (Å²) in [6, 6.07) is 11.2. The van der Waals surface area contributed by atoms with E-state index in [0.29, 0.717) is 6.04 Å². The number of aliphatic imine (C=N–C) groups is 1. The number of nitrogens with one attached hydrogen (secondary N) is 1. The molecule has 24 heavy (non-hydrogen) atoms. The first kappa shape index (κ1) is 17.6. The van der Waals surface area contributed by atoms with Crippen molar-refractivity contribution in [1.82, 2.24) is 15.1 Å². The maximum Gasteiger partial charge on any atom is 0.193 e. The smallest absolute Gasteiger partial charge is 0.193 e. The van der Waals surface area contributed by atoms with E-state index in [4.69, 9.17) is 4.74 Å². The average Bonchev–Trinajstić information content (AvgIpc) is 3.13. The number of ether oxygens (including phenoxy) is 1. The van der Waals surface area contributed by atoms with Gasteiger partial charge in [-0.15, -0.1) is 11.8 Å². The highest BCUT2D eigenvalue weighted by molar-refractivity contribution is 7.99. The Bertz CT molecular complexity index is 519. The van der Waals surface area contributed by atoms with Crippen molar-refractivity contribution in [3.8, 4) is 0 Å². The van der Waals surface area contributed by atoms with Crippen LogP contribution in [0.3, 0.4) is 0 Å². The lowest BCUT2D eigenvalue weighted by Crippen LogP contribution is -2.47. The van der Waals surface area contributed by atoms with E-state index in [1.165, 1.54) is 11.3 Å². The van der Waals surface area contributed by atoms with Gasteiger partial charge in [0.2, 0.25) is 0 Å². The number of morpholine rings is 1. The first-order chi connectivity index (χ1) is 11.9. The molecule has 2 fully saturated rings. The molecule has 1 atom stereocenters. The van der Waals surface area contributed by atoms with Gasteiger partial charge in [0.25, 0.3) is 0 Å². The minimum Gasteiger partial charge on any atom is -0.379 e. The predicted octanol–water partition coefficient (Wildman–Crippen LogP) is 1.76. The van der Waals surface area contributed by atoms with Crippen molar-refractivity contribution in [3.63, 3.8) is 0 Å². The number of guanidine groups is 1. The minimum absolute atomic E-state index is 0.645. The van der Waals surface area contributed by atoms with Crippen molar-refractivity contribution in [1.29, 1.82) is 0 Å². The molecule has 0 amide bonds. The van der Waals surface area contributed by atoms with E-state index >= 15 is 0 Å². The zero-order chi connectivity index (χ0) is 16.6. The summed E-state index contributed by atoms with van der Waals surface area (Å²) in [6.07, 6.45) is 1.22. The highest BCUT2D eigenvalue weighted by Gasteiger charge is 2.30. The van der Waals surface area contributed by atoms with Gasteiger partial charge in [0.05, 0.1) is 13.2 Å². The molecule has 0 aliphatic carbocycles. The van der Waals surface area contributed by atoms with Crippen LogP contribution in [0, 0.1) is 0 Å². The third kappa shape index (κ3) is 4.88. The molecule has 1 N–H and O–H groups in total. The Morgan fingerprint density at radius 2 is 2.04 bits per heavy atom. The fraction of sp³-hybridized carbons (Fsp3) is 0.611. The molecule has 0 spiro atoms. The zero-order valence-electron chi connectivity index (χ0n) is 14.5. The lowest BCUT2D eigenvalue weighted by Gasteiger charge is -2.32. The summed E-state index contributed by atoms with van der Waals surface area (Å²) < 4.78 is 5.46. The molecule has 132 valence electrons. The third-order valence-corrected chi connectivity index (χ3v) is 5.65. The van der Waals surface area contributed by atoms with Gasteiger partial charge in [-0.1, -0.05) is 18.2 Å². The molecule has 2 heterocycles. The quantitative estimate of drug-likeness (QED) is 0.380. The SMILES string of the molecule is CN=C(NCCSc1ccccc1)N1CCC(N2CCOCC2)C1. The maximum absolute atomic E-state index is 5.46. The summed E-state index contributed by atoms with van der Waals surface area (Å²) in [5.41, 5.74) is 0. The van der Waals surface area contributed by atoms with Gasteiger partial charge >= 0.3 is 0 Å². The second kappa shape index (κ2) is 9.30. The number of thioether (sulfide) groups is 1. The van der Waals surface area contributed by atoms with Crippen molar-refractivity contribution in [2.75, 3.05) is 58.7 Å². The van der Waals surface area contributed by atoms with E-state index in [1.54, 1.807) is 0 Å². The molecule has 5 nitrogen and oxygen atoms in total. The number of hydrogen-bond acceptors (Lipinski definition) is 4. The van der Waals surface area contributed by atoms with Gasteiger partial charge in [0.1, 0.15) is 0 Å². The van der Waals surface area contributed by atoms with Gasteiger partial charge in [0.15, 0.2) is 5.96 Å². The van der Waals surface area contributed by atoms with E-state index in [0.717, 1.165) is 57.6 Å². The van der Waals surface area contributed by atoms with Crippen LogP contribution in [0.5, 0.6) is 0 Å². The van der Waals surface area contributed by atoms with Crippen LogP contribution in [0.1, 0.15) is 6.42 Å². The molecular formula is C18H28N4OS. The Morgan fingerprint density at radius 3 is 2.79 bits per heavy atom. The molecule has 1 unspecified atom stereocenters. The molecule has 0 aromatic heterocycles. The van der Waals surface area contributed by atoms with Crippen molar-refractivity contribution in [3.05, 3.63) is 30.3 Å². The van der Waals surface area contributed by atoms with Crippen LogP contribution in [-0.4, -0.2) is 80.5 Å². The number of benzene rings is 1. The molecule has 0 saturated carbocycles. The normalized spacial score (nSPS) is 22.8. The largest absolute Gasteiger partial charge is 0.379 e. The molecule has 0 bridgehead atoms. The van der Waals surface area contributed by atoms with Gasteiger partial charge in [-0.2, -0.15) is 0 Å². The van der Waals surface area contributed by atoms with E-state index in [-0.39, 0.29) is 0 Å². The topological polar surface area (TPSA) is 40.1 Å². The van der Waals surface area contributed by atoms with Crippen molar-refractivity contribution < 1.29 is 4.74 Å². The predicted molar refractivity (Wildman–Crippen MR) is 101 cm³/mol. The summed E-state index contributed by atoms with van der Waals surface area (Å²) >= 11 is 1.88. The summed E-state index contributed by atoms with van der Waals surface area (Å²) in [7, 11) is 1.88. The maximum atomic E-state index is 5.46. The summed E-state index contributed by atoms with van der Waals surface area (Å²) in [4.78, 5) is 10.8. The molecule has 1 aromatic carbocycles. The molecular weight excluding hydrogens is 320 g/mol. The van der Waals surface area contributed by atoms with Crippen LogP contribution in [0.2, 0.25) is 0 Å². The van der Waals surface area contributed by atoms with Crippen LogP contribution in [0.25, 0.3) is 0 Å². The Kier molecular flexibility index (Phi) is 6.81. The second-order valence-corrected chi connectivity index (χ2v) is 7.34. The number of likely N-dealkylation sites (tertiary alicyclic amines) is 1. The van der Waals surface area contributed by atoms with Gasteiger partial charge in [-0.3, -0.25) is 9.89 Å². The fourth-order valence-electron chi connectivity index (χ4n) is 3.36. The van der Waals surface area contributed by atoms with Gasteiger partial charge < -0.3 is 15.0 Å². The van der Waals surface area contributed by atoms with Crippen molar-refractivity contribution in [2.24, 2.45) is 4.99 Å². The Labute approximate surface area is 149 Å². The highest BCUT2D eigenvalue weighted by Crippen LogP contribution is 2.18. The Morgan fingerprint density at radius 1 is 1.25 bits per heavy atom. The number of hydrogen-bond donors (Lipinski definition) is 1. The van der Waals surface area contributed by atoms with Crippen LogP contribution in [-0.2, 0) is 4.74 Å². The second-order valence-electron chi connectivity index (χ2n) is 6.17. The van der Waals surface area contributed by atoms with Crippen LogP contribution < -0.4 is 5.32 Å². The van der Waals surface area contributed by atoms with Crippen molar-refractivity contribution in [2.45, 2.75) is 17.4 Å². The van der Waals surface area contributed by atoms with Gasteiger partial charge in [0, 0.05) is 56.5 Å². The molecule has 6 heteroatoms. The first-order valence-corrected chi connectivity index (χ1v) is 9.80. The molecule has 2 aliphatic rings. The van der Waals surface area contributed by atoms with Crippen LogP contribution in [0.15, 0.2) is 40.2 Å². The lowest BCUT2D eigenvalue weighted by atomic mass is 10.2. The van der Waals surface area contributed by atoms with Crippen LogP contribution >= 0.6 is 11.8 Å². The lowest BCUT2D eigenvalue weighted by molar-refractivity contribution is 0.0195. The minimum atomic E-state index is 0.645. The standard InChI is InChI=1S/C18H28N4OS/c1-19-18(20-8-14-24-17-5-3-2-4-6-17)22-9-7-16(15-22)21-10-12-23-13-11-21/h2-6,16H,7-15H2,1H3,(H,19,20). The Hall–Kier alpha value is -1.24. The van der Waals surface area contributed by atoms with Gasteiger partial charge in [-0.25, -0.2) is 0 Å². The zero-order valence-corrected chi connectivity index (χ0v) is 15.3. The van der Waals surface area contributed by atoms with Crippen molar-refractivity contribution >= 4 is 17.7 Å². The van der Waals surface area contributed by atoms with E-state index < -0.39 is 0 Å². The average molecular weight is 349 g/mol. The summed E-state index contributed by atoms with van der Waals surface area (Å²) in [5, 5.41) is 3.52. The summed E-state index contributed by atoms with van der Waals surface area (Å²) in [5.74, 6) is 2.09. The molecule has 1 aromatic rings. The third-order valence-electron chi connectivity index (χ3n) is 4.63. The molecule has 3 rings (SSSR count). The van der Waals surface area contributed by atoms with E-state index in [2.05, 4.69) is 50.4 Å². The molecule has 0 radical (unpaired) electrons. The first-order valence-electron chi connectivity index (χ1n) is 8.82. The summed E-state index contributed by atoms with van der Waals surface area (Å²) in [6.45, 7) is 6.99. The number of nitrogens with zero attached hydrogens (tertiary/aromatic N) is 3. The number of rotatable bonds is 5. The van der Waals surface area contributed by atoms with E-state index in [9.17, 15) is 0 Å². The highest BCUT2D eigenvalue weighted by atomic mass is 32.2. The Balaban J connectivity index is 1.40.